The number of aromatic nitrogens is 1. The zero-order valence-corrected chi connectivity index (χ0v) is 20.6. The fourth-order valence-electron chi connectivity index (χ4n) is 4.80. The summed E-state index contributed by atoms with van der Waals surface area (Å²) in [5.41, 5.74) is -1.18. The summed E-state index contributed by atoms with van der Waals surface area (Å²) >= 11 is 0. The number of nitrogens with zero attached hydrogens (tertiary/aromatic N) is 1. The van der Waals surface area contributed by atoms with Crippen molar-refractivity contribution in [2.75, 3.05) is 13.7 Å². The Morgan fingerprint density at radius 1 is 1.26 bits per heavy atom. The molecule has 5 rings (SSSR count). The van der Waals surface area contributed by atoms with Crippen molar-refractivity contribution in [1.29, 1.82) is 0 Å². The van der Waals surface area contributed by atoms with Gasteiger partial charge in [-0.15, -0.1) is 0 Å². The molecule has 2 aromatic rings. The number of sulfonamides is 1. The highest BCUT2D eigenvalue weighted by Gasteiger charge is 2.61. The second-order valence-corrected chi connectivity index (χ2v) is 11.5. The molecule has 2 saturated carbocycles. The lowest BCUT2D eigenvalue weighted by Crippen LogP contribution is -2.55. The van der Waals surface area contributed by atoms with Crippen LogP contribution in [0, 0.1) is 5.92 Å². The van der Waals surface area contributed by atoms with E-state index in [2.05, 4.69) is 20.3 Å². The van der Waals surface area contributed by atoms with Crippen molar-refractivity contribution in [1.82, 2.24) is 20.3 Å². The molecular weight excluding hydrogens is 472 g/mol. The Labute approximate surface area is 204 Å². The zero-order valence-electron chi connectivity index (χ0n) is 19.7. The Kier molecular flexibility index (Phi) is 6.08. The molecule has 3 aliphatic rings. The number of carbonyl (C=O) groups is 2. The summed E-state index contributed by atoms with van der Waals surface area (Å²) in [4.78, 5) is 30.3. The average molecular weight is 503 g/mol. The Hall–Kier alpha value is -2.92. The van der Waals surface area contributed by atoms with E-state index in [9.17, 15) is 18.0 Å². The highest BCUT2D eigenvalue weighted by Crippen LogP contribution is 2.46. The molecule has 0 bridgehead atoms. The number of benzene rings is 1. The summed E-state index contributed by atoms with van der Waals surface area (Å²) in [6.45, 7) is 2.37. The van der Waals surface area contributed by atoms with Crippen molar-refractivity contribution >= 4 is 32.6 Å². The van der Waals surface area contributed by atoms with Crippen LogP contribution in [0.3, 0.4) is 0 Å². The summed E-state index contributed by atoms with van der Waals surface area (Å²) in [5.74, 6) is 0.160. The summed E-state index contributed by atoms with van der Waals surface area (Å²) in [5, 5.41) is 7.29. The van der Waals surface area contributed by atoms with Gasteiger partial charge in [0.25, 0.3) is 5.91 Å². The smallest absolute Gasteiger partial charge is 0.259 e. The number of fused-ring (bicyclic) bond motifs is 1. The van der Waals surface area contributed by atoms with Gasteiger partial charge in [0.2, 0.25) is 21.8 Å². The summed E-state index contributed by atoms with van der Waals surface area (Å²) in [6, 6.07) is 6.95. The van der Waals surface area contributed by atoms with Crippen LogP contribution in [0.1, 0.15) is 39.0 Å². The number of pyridine rings is 1. The molecule has 0 radical (unpaired) electrons. The Morgan fingerprint density at radius 3 is 2.74 bits per heavy atom. The Morgan fingerprint density at radius 2 is 2.06 bits per heavy atom. The van der Waals surface area contributed by atoms with E-state index in [1.165, 1.54) is 0 Å². The minimum absolute atomic E-state index is 0.0915. The van der Waals surface area contributed by atoms with Gasteiger partial charge < -0.3 is 20.1 Å². The first-order valence-corrected chi connectivity index (χ1v) is 13.5. The standard InChI is InChI=1S/C24H30N4O6S/c1-3-15-12-24(15,23(30)28-35(31,32)18-5-6-18)27-21(29)20-11-17(13-26-20)34-22-19-7-4-16(33-2)10-14(19)8-9-25-22/h4,7-10,15,17-18,20,26H,3,5-6,11-13H2,1-2H3,(H,27,29)(H,28,30)/t15-,17-,20+,24-/m1/s1. The van der Waals surface area contributed by atoms with Crippen molar-refractivity contribution in [2.24, 2.45) is 5.92 Å². The van der Waals surface area contributed by atoms with Crippen molar-refractivity contribution < 1.29 is 27.5 Å². The van der Waals surface area contributed by atoms with Gasteiger partial charge in [-0.25, -0.2) is 13.4 Å². The number of amides is 2. The highest BCUT2D eigenvalue weighted by molar-refractivity contribution is 7.91. The van der Waals surface area contributed by atoms with E-state index < -0.39 is 32.8 Å². The van der Waals surface area contributed by atoms with E-state index in [1.807, 2.05) is 31.2 Å². The van der Waals surface area contributed by atoms with E-state index in [0.29, 0.717) is 44.5 Å². The largest absolute Gasteiger partial charge is 0.497 e. The second kappa shape index (κ2) is 8.94. The third kappa shape index (κ3) is 4.66. The van der Waals surface area contributed by atoms with Crippen LogP contribution in [0.4, 0.5) is 0 Å². The van der Waals surface area contributed by atoms with E-state index in [4.69, 9.17) is 9.47 Å². The maximum atomic E-state index is 13.1. The molecular formula is C24H30N4O6S. The molecule has 3 N–H and O–H groups in total. The van der Waals surface area contributed by atoms with Gasteiger partial charge in [0.05, 0.1) is 18.4 Å². The molecule has 0 spiro atoms. The van der Waals surface area contributed by atoms with Crippen LogP contribution in [0.25, 0.3) is 10.8 Å². The van der Waals surface area contributed by atoms with Crippen LogP contribution in [-0.2, 0) is 19.6 Å². The number of nitrogens with one attached hydrogen (secondary N) is 3. The lowest BCUT2D eigenvalue weighted by atomic mass is 10.1. The molecule has 2 amide bonds. The summed E-state index contributed by atoms with van der Waals surface area (Å²) in [6.07, 6.45) is 3.99. The summed E-state index contributed by atoms with van der Waals surface area (Å²) in [7, 11) is -2.07. The number of hydrogen-bond acceptors (Lipinski definition) is 8. The molecule has 0 unspecified atom stereocenters. The molecule has 1 saturated heterocycles. The number of rotatable bonds is 9. The van der Waals surface area contributed by atoms with Gasteiger partial charge in [0.1, 0.15) is 17.4 Å². The molecule has 188 valence electrons. The number of methoxy groups -OCH3 is 1. The number of hydrogen-bond donors (Lipinski definition) is 3. The normalized spacial score (nSPS) is 27.9. The SMILES string of the molecule is CC[C@@H]1C[C@]1(NC(=O)[C@@H]1C[C@@H](Oc2nccc3cc(OC)ccc23)CN1)C(=O)NS(=O)(=O)C1CC1. The molecule has 1 aromatic heterocycles. The average Bonchev–Trinajstić information content (AvgIpc) is 3.76. The number of ether oxygens (including phenoxy) is 2. The van der Waals surface area contributed by atoms with Gasteiger partial charge in [-0.2, -0.15) is 0 Å². The van der Waals surface area contributed by atoms with Crippen molar-refractivity contribution in [3.8, 4) is 11.6 Å². The first-order chi connectivity index (χ1) is 16.8. The first-order valence-electron chi connectivity index (χ1n) is 12.0. The van der Waals surface area contributed by atoms with E-state index in [-0.39, 0.29) is 17.9 Å². The van der Waals surface area contributed by atoms with Crippen LogP contribution >= 0.6 is 0 Å². The maximum absolute atomic E-state index is 13.1. The van der Waals surface area contributed by atoms with Gasteiger partial charge in [0.15, 0.2) is 0 Å². The molecule has 10 nitrogen and oxygen atoms in total. The topological polar surface area (TPSA) is 136 Å². The molecule has 2 heterocycles. The van der Waals surface area contributed by atoms with Crippen molar-refractivity contribution in [3.63, 3.8) is 0 Å². The minimum atomic E-state index is -3.68. The lowest BCUT2D eigenvalue weighted by molar-refractivity contribution is -0.130. The van der Waals surface area contributed by atoms with Crippen LogP contribution in [0.5, 0.6) is 11.6 Å². The quantitative estimate of drug-likeness (QED) is 0.466. The highest BCUT2D eigenvalue weighted by atomic mass is 32.2. The molecule has 1 aromatic carbocycles. The molecule has 2 aliphatic carbocycles. The third-order valence-electron chi connectivity index (χ3n) is 7.17. The Bertz CT molecular complexity index is 1260. The molecule has 4 atom stereocenters. The van der Waals surface area contributed by atoms with E-state index >= 15 is 0 Å². The monoisotopic (exact) mass is 502 g/mol. The predicted octanol–water partition coefficient (Wildman–Crippen LogP) is 1.25. The zero-order chi connectivity index (χ0) is 24.8. The van der Waals surface area contributed by atoms with Crippen LogP contribution in [0.15, 0.2) is 30.5 Å². The van der Waals surface area contributed by atoms with Gasteiger partial charge in [-0.1, -0.05) is 13.3 Å². The van der Waals surface area contributed by atoms with Gasteiger partial charge in [-0.3, -0.25) is 14.3 Å². The van der Waals surface area contributed by atoms with E-state index in [1.54, 1.807) is 13.3 Å². The molecule has 35 heavy (non-hydrogen) atoms. The van der Waals surface area contributed by atoms with Crippen molar-refractivity contribution in [2.45, 2.75) is 62.0 Å². The number of carbonyl (C=O) groups excluding carboxylic acids is 2. The Balaban J connectivity index is 1.23. The molecule has 11 heteroatoms. The predicted molar refractivity (Wildman–Crippen MR) is 128 cm³/mol. The van der Waals surface area contributed by atoms with Gasteiger partial charge in [-0.05, 0) is 54.8 Å². The molecule has 1 aliphatic heterocycles. The fourth-order valence-corrected chi connectivity index (χ4v) is 6.16. The maximum Gasteiger partial charge on any atom is 0.259 e. The fraction of sp³-hybridized carbons (Fsp3) is 0.542. The minimum Gasteiger partial charge on any atom is -0.497 e. The van der Waals surface area contributed by atoms with E-state index in [0.717, 1.165) is 16.5 Å². The third-order valence-corrected chi connectivity index (χ3v) is 8.99. The van der Waals surface area contributed by atoms with Crippen molar-refractivity contribution in [3.05, 3.63) is 30.5 Å². The lowest BCUT2D eigenvalue weighted by Gasteiger charge is -2.21. The van der Waals surface area contributed by atoms with Crippen LogP contribution in [0.2, 0.25) is 0 Å². The van der Waals surface area contributed by atoms with Crippen LogP contribution < -0.4 is 24.8 Å². The van der Waals surface area contributed by atoms with Gasteiger partial charge in [0, 0.05) is 24.5 Å². The molecule has 3 fully saturated rings. The summed E-state index contributed by atoms with van der Waals surface area (Å²) < 4.78 is 38.2. The van der Waals surface area contributed by atoms with Crippen LogP contribution in [-0.4, -0.2) is 61.8 Å². The first kappa shape index (κ1) is 23.8. The second-order valence-electron chi connectivity index (χ2n) is 9.59. The van der Waals surface area contributed by atoms with Gasteiger partial charge >= 0.3 is 0 Å².